The number of halogens is 3. The quantitative estimate of drug-likeness (QED) is 0.407. The molecule has 3 aromatic rings. The molecule has 1 heterocycles. The zero-order chi connectivity index (χ0) is 20.3. The summed E-state index contributed by atoms with van der Waals surface area (Å²) >= 11 is -0.149. The van der Waals surface area contributed by atoms with Crippen LogP contribution in [0.2, 0.25) is 0 Å². The second kappa shape index (κ2) is 8.03. The van der Waals surface area contributed by atoms with Crippen LogP contribution >= 0.6 is 11.8 Å². The molecule has 0 amide bonds. The maximum absolute atomic E-state index is 12.4. The SMILES string of the molecule is C#Cc1ccc(-n2nc(C)c(COc3ccc(SC(F)(F)F)cc3)c2C)cc1. The number of terminal acetylenes is 1. The smallest absolute Gasteiger partial charge is 0.446 e. The third-order valence-corrected chi connectivity index (χ3v) is 4.90. The van der Waals surface area contributed by atoms with Gasteiger partial charge in [-0.05, 0) is 74.1 Å². The van der Waals surface area contributed by atoms with Crippen LogP contribution in [-0.4, -0.2) is 15.3 Å². The van der Waals surface area contributed by atoms with Crippen molar-refractivity contribution in [2.75, 3.05) is 0 Å². The van der Waals surface area contributed by atoms with Crippen LogP contribution in [0.3, 0.4) is 0 Å². The van der Waals surface area contributed by atoms with Crippen molar-refractivity contribution >= 4 is 11.8 Å². The molecule has 0 atom stereocenters. The third-order valence-electron chi connectivity index (χ3n) is 4.16. The van der Waals surface area contributed by atoms with Crippen LogP contribution < -0.4 is 4.74 Å². The third kappa shape index (κ3) is 4.70. The first-order valence-electron chi connectivity index (χ1n) is 8.37. The van der Waals surface area contributed by atoms with E-state index in [1.165, 1.54) is 24.3 Å². The minimum Gasteiger partial charge on any atom is -0.489 e. The monoisotopic (exact) mass is 402 g/mol. The van der Waals surface area contributed by atoms with Gasteiger partial charge in [-0.1, -0.05) is 5.92 Å². The summed E-state index contributed by atoms with van der Waals surface area (Å²) in [6.45, 7) is 4.10. The van der Waals surface area contributed by atoms with Crippen LogP contribution in [0.25, 0.3) is 5.69 Å². The van der Waals surface area contributed by atoms with Gasteiger partial charge in [0.15, 0.2) is 0 Å². The molecule has 0 spiro atoms. The molecule has 0 bridgehead atoms. The number of hydrogen-bond donors (Lipinski definition) is 0. The van der Waals surface area contributed by atoms with Crippen molar-refractivity contribution in [2.24, 2.45) is 0 Å². The Labute approximate surface area is 165 Å². The fraction of sp³-hybridized carbons (Fsp3) is 0.190. The molecule has 0 saturated carbocycles. The summed E-state index contributed by atoms with van der Waals surface area (Å²) in [7, 11) is 0. The van der Waals surface area contributed by atoms with Gasteiger partial charge in [-0.15, -0.1) is 6.42 Å². The maximum atomic E-state index is 12.4. The summed E-state index contributed by atoms with van der Waals surface area (Å²) in [5, 5.41) is 4.56. The first kappa shape index (κ1) is 19.9. The molecule has 144 valence electrons. The lowest BCUT2D eigenvalue weighted by Gasteiger charge is -2.09. The number of benzene rings is 2. The first-order chi connectivity index (χ1) is 13.3. The van der Waals surface area contributed by atoms with E-state index in [2.05, 4.69) is 11.0 Å². The van der Waals surface area contributed by atoms with Crippen molar-refractivity contribution in [3.05, 3.63) is 71.0 Å². The van der Waals surface area contributed by atoms with Crippen LogP contribution in [0.5, 0.6) is 5.75 Å². The van der Waals surface area contributed by atoms with Gasteiger partial charge >= 0.3 is 5.51 Å². The number of aryl methyl sites for hydroxylation is 1. The van der Waals surface area contributed by atoms with E-state index in [0.717, 1.165) is 28.2 Å². The van der Waals surface area contributed by atoms with E-state index < -0.39 is 5.51 Å². The fourth-order valence-corrected chi connectivity index (χ4v) is 3.27. The summed E-state index contributed by atoms with van der Waals surface area (Å²) in [5.74, 6) is 3.07. The van der Waals surface area contributed by atoms with E-state index in [4.69, 9.17) is 11.2 Å². The van der Waals surface area contributed by atoms with E-state index in [1.54, 1.807) is 0 Å². The van der Waals surface area contributed by atoms with Crippen molar-refractivity contribution in [1.82, 2.24) is 9.78 Å². The molecule has 0 saturated heterocycles. The zero-order valence-corrected chi connectivity index (χ0v) is 16.1. The summed E-state index contributed by atoms with van der Waals surface area (Å²) in [4.78, 5) is 0.121. The molecule has 0 aliphatic heterocycles. The lowest BCUT2D eigenvalue weighted by atomic mass is 10.2. The molecule has 1 aromatic heterocycles. The van der Waals surface area contributed by atoms with Gasteiger partial charge in [0.05, 0.1) is 11.4 Å². The summed E-state index contributed by atoms with van der Waals surface area (Å²) in [6, 6.07) is 13.3. The van der Waals surface area contributed by atoms with E-state index in [-0.39, 0.29) is 23.3 Å². The molecule has 2 aromatic carbocycles. The van der Waals surface area contributed by atoms with Crippen molar-refractivity contribution in [2.45, 2.75) is 30.9 Å². The maximum Gasteiger partial charge on any atom is 0.446 e. The molecule has 3 nitrogen and oxygen atoms in total. The van der Waals surface area contributed by atoms with Crippen molar-refractivity contribution in [3.63, 3.8) is 0 Å². The van der Waals surface area contributed by atoms with Gasteiger partial charge in [0, 0.05) is 21.7 Å². The first-order valence-corrected chi connectivity index (χ1v) is 9.19. The lowest BCUT2D eigenvalue weighted by Crippen LogP contribution is -2.01. The highest BCUT2D eigenvalue weighted by Crippen LogP contribution is 2.37. The van der Waals surface area contributed by atoms with E-state index in [1.807, 2.05) is 42.8 Å². The number of thioether (sulfide) groups is 1. The molecule has 0 N–H and O–H groups in total. The molecule has 0 unspecified atom stereocenters. The molecular formula is C21H17F3N2OS. The normalized spacial score (nSPS) is 11.3. The second-order valence-electron chi connectivity index (χ2n) is 6.06. The summed E-state index contributed by atoms with van der Waals surface area (Å²) in [5.41, 5.74) is 0.0527. The van der Waals surface area contributed by atoms with Gasteiger partial charge in [-0.2, -0.15) is 18.3 Å². The number of ether oxygens (including phenoxy) is 1. The van der Waals surface area contributed by atoms with Crippen molar-refractivity contribution in [1.29, 1.82) is 0 Å². The second-order valence-corrected chi connectivity index (χ2v) is 7.20. The largest absolute Gasteiger partial charge is 0.489 e. The minimum atomic E-state index is -4.30. The zero-order valence-electron chi connectivity index (χ0n) is 15.2. The average molecular weight is 402 g/mol. The van der Waals surface area contributed by atoms with Crippen LogP contribution in [0.1, 0.15) is 22.5 Å². The average Bonchev–Trinajstić information content (AvgIpc) is 2.94. The van der Waals surface area contributed by atoms with Crippen molar-refractivity contribution < 1.29 is 17.9 Å². The number of aromatic nitrogens is 2. The van der Waals surface area contributed by atoms with Gasteiger partial charge in [0.1, 0.15) is 12.4 Å². The van der Waals surface area contributed by atoms with Gasteiger partial charge in [-0.3, -0.25) is 0 Å². The lowest BCUT2D eigenvalue weighted by molar-refractivity contribution is -0.0328. The van der Waals surface area contributed by atoms with Gasteiger partial charge in [0.2, 0.25) is 0 Å². The van der Waals surface area contributed by atoms with Crippen LogP contribution in [-0.2, 0) is 6.61 Å². The Bertz CT molecular complexity index is 1000. The Kier molecular flexibility index (Phi) is 5.71. The molecule has 7 heteroatoms. The molecule has 0 radical (unpaired) electrons. The molecule has 0 aliphatic rings. The minimum absolute atomic E-state index is 0.121. The van der Waals surface area contributed by atoms with E-state index in [9.17, 15) is 13.2 Å². The van der Waals surface area contributed by atoms with Gasteiger partial charge in [-0.25, -0.2) is 4.68 Å². The number of hydrogen-bond acceptors (Lipinski definition) is 3. The summed E-state index contributed by atoms with van der Waals surface area (Å²) in [6.07, 6.45) is 5.39. The fourth-order valence-electron chi connectivity index (χ4n) is 2.73. The van der Waals surface area contributed by atoms with Gasteiger partial charge in [0.25, 0.3) is 0 Å². The van der Waals surface area contributed by atoms with Crippen LogP contribution in [0.4, 0.5) is 13.2 Å². The standard InChI is InChI=1S/C21H17F3N2OS/c1-4-16-5-7-17(8-6-16)26-15(3)20(14(2)25-26)13-27-18-9-11-19(12-10-18)28-21(22,23)24/h1,5-12H,13H2,2-3H3. The summed E-state index contributed by atoms with van der Waals surface area (Å²) < 4.78 is 44.8. The van der Waals surface area contributed by atoms with Crippen molar-refractivity contribution in [3.8, 4) is 23.8 Å². The molecule has 28 heavy (non-hydrogen) atoms. The van der Waals surface area contributed by atoms with Crippen LogP contribution in [0.15, 0.2) is 53.4 Å². The number of nitrogens with zero attached hydrogens (tertiary/aromatic N) is 2. The number of rotatable bonds is 5. The molecular weight excluding hydrogens is 385 g/mol. The predicted octanol–water partition coefficient (Wildman–Crippen LogP) is 5.66. The predicted molar refractivity (Wildman–Crippen MR) is 104 cm³/mol. The number of alkyl halides is 3. The van der Waals surface area contributed by atoms with Gasteiger partial charge < -0.3 is 4.74 Å². The molecule has 3 rings (SSSR count). The Morgan fingerprint density at radius 2 is 1.71 bits per heavy atom. The Morgan fingerprint density at radius 1 is 1.07 bits per heavy atom. The Balaban J connectivity index is 1.73. The van der Waals surface area contributed by atoms with E-state index in [0.29, 0.717) is 5.75 Å². The van der Waals surface area contributed by atoms with E-state index >= 15 is 0 Å². The van der Waals surface area contributed by atoms with Crippen LogP contribution in [0, 0.1) is 26.2 Å². The Hall–Kier alpha value is -2.85. The highest BCUT2D eigenvalue weighted by Gasteiger charge is 2.29. The molecule has 0 fully saturated rings. The molecule has 0 aliphatic carbocycles. The topological polar surface area (TPSA) is 27.1 Å². The highest BCUT2D eigenvalue weighted by atomic mass is 32.2. The Morgan fingerprint density at radius 3 is 2.29 bits per heavy atom. The highest BCUT2D eigenvalue weighted by molar-refractivity contribution is 8.00.